The van der Waals surface area contributed by atoms with Gasteiger partial charge < -0.3 is 10.6 Å². The third-order valence-electron chi connectivity index (χ3n) is 4.41. The van der Waals surface area contributed by atoms with Gasteiger partial charge in [-0.1, -0.05) is 32.0 Å². The minimum absolute atomic E-state index is 0.0139. The van der Waals surface area contributed by atoms with E-state index < -0.39 is 0 Å². The Bertz CT molecular complexity index is 718. The molecule has 3 rings (SSSR count). The molecule has 1 aliphatic rings. The Kier molecular flexibility index (Phi) is 4.35. The van der Waals surface area contributed by atoms with Crippen molar-refractivity contribution in [2.24, 2.45) is 5.41 Å². The summed E-state index contributed by atoms with van der Waals surface area (Å²) in [5.74, 6) is 0. The second-order valence-electron chi connectivity index (χ2n) is 7.66. The van der Waals surface area contributed by atoms with Gasteiger partial charge in [0.15, 0.2) is 0 Å². The molecule has 0 saturated carbocycles. The molecule has 1 aromatic heterocycles. The lowest BCUT2D eigenvalue weighted by Gasteiger charge is -2.36. The lowest BCUT2D eigenvalue weighted by molar-refractivity contribution is 0.219. The summed E-state index contributed by atoms with van der Waals surface area (Å²) < 4.78 is 2.01. The normalized spacial score (nSPS) is 19.0. The highest BCUT2D eigenvalue weighted by Crippen LogP contribution is 2.41. The summed E-state index contributed by atoms with van der Waals surface area (Å²) in [5.41, 5.74) is 3.47. The van der Waals surface area contributed by atoms with E-state index in [0.29, 0.717) is 0 Å². The summed E-state index contributed by atoms with van der Waals surface area (Å²) >= 11 is 0. The number of amides is 2. The number of benzene rings is 1. The largest absolute Gasteiger partial charge is 0.336 e. The molecule has 24 heavy (non-hydrogen) atoms. The van der Waals surface area contributed by atoms with Gasteiger partial charge in [-0.25, -0.2) is 9.48 Å². The molecule has 0 bridgehead atoms. The quantitative estimate of drug-likeness (QED) is 0.905. The molecule has 0 aliphatic heterocycles. The highest BCUT2D eigenvalue weighted by Gasteiger charge is 2.36. The molecule has 0 saturated heterocycles. The van der Waals surface area contributed by atoms with Crippen molar-refractivity contribution in [3.63, 3.8) is 0 Å². The summed E-state index contributed by atoms with van der Waals surface area (Å²) in [7, 11) is 0. The molecule has 0 fully saturated rings. The van der Waals surface area contributed by atoms with Crippen LogP contribution in [0.3, 0.4) is 0 Å². The molecule has 2 aromatic rings. The summed E-state index contributed by atoms with van der Waals surface area (Å²) in [4.78, 5) is 12.2. The predicted molar refractivity (Wildman–Crippen MR) is 95.2 cm³/mol. The van der Waals surface area contributed by atoms with E-state index >= 15 is 0 Å². The number of hydrogen-bond donors (Lipinski definition) is 2. The van der Waals surface area contributed by atoms with Gasteiger partial charge in [-0.15, -0.1) is 0 Å². The van der Waals surface area contributed by atoms with Crippen LogP contribution >= 0.6 is 0 Å². The van der Waals surface area contributed by atoms with Crippen LogP contribution in [0.1, 0.15) is 51.4 Å². The third kappa shape index (κ3) is 3.45. The van der Waals surface area contributed by atoms with Crippen LogP contribution in [0.25, 0.3) is 5.69 Å². The number of para-hydroxylation sites is 1. The van der Waals surface area contributed by atoms with E-state index in [0.717, 1.165) is 24.1 Å². The van der Waals surface area contributed by atoms with Crippen molar-refractivity contribution in [3.8, 4) is 5.69 Å². The zero-order chi connectivity index (χ0) is 17.3. The number of carbonyl (C=O) groups is 1. The molecule has 128 valence electrons. The second kappa shape index (κ2) is 6.30. The van der Waals surface area contributed by atoms with Gasteiger partial charge in [0.05, 0.1) is 23.6 Å². The molecule has 1 atom stereocenters. The van der Waals surface area contributed by atoms with Crippen LogP contribution in [-0.2, 0) is 6.42 Å². The van der Waals surface area contributed by atoms with E-state index in [1.54, 1.807) is 0 Å². The van der Waals surface area contributed by atoms with Crippen molar-refractivity contribution >= 4 is 6.03 Å². The summed E-state index contributed by atoms with van der Waals surface area (Å²) in [6.45, 7) is 8.41. The number of urea groups is 1. The van der Waals surface area contributed by atoms with Gasteiger partial charge in [-0.2, -0.15) is 5.10 Å². The fourth-order valence-corrected chi connectivity index (χ4v) is 3.43. The molecule has 0 unspecified atom stereocenters. The number of nitrogens with one attached hydrogen (secondary N) is 2. The molecule has 2 amide bonds. The first kappa shape index (κ1) is 16.6. The zero-order valence-electron chi connectivity index (χ0n) is 14.8. The van der Waals surface area contributed by atoms with Crippen LogP contribution in [-0.4, -0.2) is 21.9 Å². The molecule has 1 aliphatic carbocycles. The van der Waals surface area contributed by atoms with Crippen molar-refractivity contribution in [3.05, 3.63) is 47.8 Å². The van der Waals surface area contributed by atoms with Crippen molar-refractivity contribution in [2.75, 3.05) is 0 Å². The van der Waals surface area contributed by atoms with Crippen LogP contribution < -0.4 is 10.6 Å². The summed E-state index contributed by atoms with van der Waals surface area (Å²) in [5, 5.41) is 10.6. The Labute approximate surface area is 143 Å². The third-order valence-corrected chi connectivity index (χ3v) is 4.41. The minimum atomic E-state index is -0.119. The second-order valence-corrected chi connectivity index (χ2v) is 7.66. The molecule has 5 heteroatoms. The molecule has 1 aromatic carbocycles. The lowest BCUT2D eigenvalue weighted by Crippen LogP contribution is -2.44. The zero-order valence-corrected chi connectivity index (χ0v) is 14.8. The van der Waals surface area contributed by atoms with Gasteiger partial charge in [0, 0.05) is 11.6 Å². The van der Waals surface area contributed by atoms with Crippen molar-refractivity contribution in [1.29, 1.82) is 0 Å². The van der Waals surface area contributed by atoms with E-state index in [1.165, 1.54) is 5.69 Å². The summed E-state index contributed by atoms with van der Waals surface area (Å²) in [6, 6.07) is 10.1. The first-order valence-corrected chi connectivity index (χ1v) is 8.55. The highest BCUT2D eigenvalue weighted by molar-refractivity contribution is 5.74. The molecule has 1 heterocycles. The highest BCUT2D eigenvalue weighted by atomic mass is 16.2. The SMILES string of the molecule is CC(C)NC(=O)N[C@@H]1CC(C)(C)Cc2c1cnn2-c1ccccc1. The van der Waals surface area contributed by atoms with Crippen molar-refractivity contribution < 1.29 is 4.79 Å². The van der Waals surface area contributed by atoms with Gasteiger partial charge >= 0.3 is 6.03 Å². The molecular formula is C19H26N4O. The van der Waals surface area contributed by atoms with Gasteiger partial charge in [0.2, 0.25) is 0 Å². The molecular weight excluding hydrogens is 300 g/mol. The summed E-state index contributed by atoms with van der Waals surface area (Å²) in [6.07, 6.45) is 3.76. The van der Waals surface area contributed by atoms with E-state index in [-0.39, 0.29) is 23.5 Å². The van der Waals surface area contributed by atoms with Crippen molar-refractivity contribution in [2.45, 2.75) is 52.6 Å². The number of nitrogens with zero attached hydrogens (tertiary/aromatic N) is 2. The number of hydrogen-bond acceptors (Lipinski definition) is 2. The Morgan fingerprint density at radius 1 is 1.29 bits per heavy atom. The maximum Gasteiger partial charge on any atom is 0.315 e. The molecule has 5 nitrogen and oxygen atoms in total. The van der Waals surface area contributed by atoms with Crippen LogP contribution in [0, 0.1) is 5.41 Å². The van der Waals surface area contributed by atoms with Crippen LogP contribution in [0.4, 0.5) is 4.79 Å². The minimum Gasteiger partial charge on any atom is -0.336 e. The molecule has 2 N–H and O–H groups in total. The average molecular weight is 326 g/mol. The standard InChI is InChI=1S/C19H26N4O/c1-13(2)21-18(24)22-16-10-19(3,4)11-17-15(16)12-20-23(17)14-8-6-5-7-9-14/h5-9,12-13,16H,10-11H2,1-4H3,(H2,21,22,24)/t16-/m1/s1. The van der Waals surface area contributed by atoms with E-state index in [4.69, 9.17) is 0 Å². The predicted octanol–water partition coefficient (Wildman–Crippen LogP) is 3.59. The van der Waals surface area contributed by atoms with E-state index in [2.05, 4.69) is 41.7 Å². The molecule has 0 spiro atoms. The fraction of sp³-hybridized carbons (Fsp3) is 0.474. The smallest absolute Gasteiger partial charge is 0.315 e. The number of fused-ring (bicyclic) bond motifs is 1. The maximum absolute atomic E-state index is 12.2. The van der Waals surface area contributed by atoms with E-state index in [9.17, 15) is 4.79 Å². The number of rotatable bonds is 3. The Morgan fingerprint density at radius 3 is 2.67 bits per heavy atom. The van der Waals surface area contributed by atoms with Gasteiger partial charge in [-0.3, -0.25) is 0 Å². The van der Waals surface area contributed by atoms with Crippen LogP contribution in [0.15, 0.2) is 36.5 Å². The number of aromatic nitrogens is 2. The van der Waals surface area contributed by atoms with Crippen molar-refractivity contribution in [1.82, 2.24) is 20.4 Å². The molecule has 0 radical (unpaired) electrons. The Balaban J connectivity index is 1.93. The topological polar surface area (TPSA) is 59.0 Å². The first-order chi connectivity index (χ1) is 11.4. The lowest BCUT2D eigenvalue weighted by atomic mass is 9.74. The van der Waals surface area contributed by atoms with Gasteiger partial charge in [-0.05, 0) is 44.2 Å². The van der Waals surface area contributed by atoms with Gasteiger partial charge in [0.25, 0.3) is 0 Å². The number of carbonyl (C=O) groups excluding carboxylic acids is 1. The Morgan fingerprint density at radius 2 is 2.00 bits per heavy atom. The van der Waals surface area contributed by atoms with E-state index in [1.807, 2.05) is 42.9 Å². The average Bonchev–Trinajstić information content (AvgIpc) is 2.89. The Hall–Kier alpha value is -2.30. The maximum atomic E-state index is 12.2. The fourth-order valence-electron chi connectivity index (χ4n) is 3.43. The monoisotopic (exact) mass is 326 g/mol. The van der Waals surface area contributed by atoms with Crippen LogP contribution in [0.2, 0.25) is 0 Å². The van der Waals surface area contributed by atoms with Gasteiger partial charge in [0.1, 0.15) is 0 Å². The first-order valence-electron chi connectivity index (χ1n) is 8.55. The van der Waals surface area contributed by atoms with Crippen LogP contribution in [0.5, 0.6) is 0 Å².